The molecule has 0 spiro atoms. The minimum atomic E-state index is -0.213. The van der Waals surface area contributed by atoms with Crippen LogP contribution in [0.4, 0.5) is 4.39 Å². The highest BCUT2D eigenvalue weighted by Gasteiger charge is 1.96. The summed E-state index contributed by atoms with van der Waals surface area (Å²) in [5.74, 6) is -0.213. The molecule has 0 bridgehead atoms. The average Bonchev–Trinajstić information content (AvgIpc) is 1.94. The van der Waals surface area contributed by atoms with Crippen LogP contribution >= 0.6 is 22.6 Å². The van der Waals surface area contributed by atoms with Crippen LogP contribution in [0.5, 0.6) is 0 Å². The SMILES string of the molecule is C=Cc1cc(I)ccc1F. The summed E-state index contributed by atoms with van der Waals surface area (Å²) in [6.45, 7) is 3.49. The van der Waals surface area contributed by atoms with E-state index in [1.807, 2.05) is 0 Å². The predicted octanol–water partition coefficient (Wildman–Crippen LogP) is 3.07. The molecule has 0 radical (unpaired) electrons. The Balaban J connectivity index is 3.21. The topological polar surface area (TPSA) is 0 Å². The van der Waals surface area contributed by atoms with Crippen molar-refractivity contribution in [3.8, 4) is 0 Å². The molecule has 0 aliphatic carbocycles. The second-order valence-corrected chi connectivity index (χ2v) is 3.12. The van der Waals surface area contributed by atoms with Crippen LogP contribution in [-0.2, 0) is 0 Å². The van der Waals surface area contributed by atoms with Gasteiger partial charge in [0, 0.05) is 9.13 Å². The molecule has 0 fully saturated rings. The molecule has 1 rings (SSSR count). The molecule has 10 heavy (non-hydrogen) atoms. The maximum atomic E-state index is 12.7. The Morgan fingerprint density at radius 1 is 1.50 bits per heavy atom. The molecule has 0 amide bonds. The van der Waals surface area contributed by atoms with E-state index in [0.29, 0.717) is 5.56 Å². The van der Waals surface area contributed by atoms with Gasteiger partial charge in [-0.25, -0.2) is 4.39 Å². The lowest BCUT2D eigenvalue weighted by Crippen LogP contribution is -1.81. The van der Waals surface area contributed by atoms with Crippen LogP contribution in [0.2, 0.25) is 0 Å². The lowest BCUT2D eigenvalue weighted by Gasteiger charge is -1.95. The zero-order chi connectivity index (χ0) is 7.56. The van der Waals surface area contributed by atoms with Crippen molar-refractivity contribution in [1.29, 1.82) is 0 Å². The largest absolute Gasteiger partial charge is 0.206 e. The van der Waals surface area contributed by atoms with E-state index >= 15 is 0 Å². The van der Waals surface area contributed by atoms with Crippen LogP contribution in [0.15, 0.2) is 24.8 Å². The average molecular weight is 248 g/mol. The third-order valence-corrected chi connectivity index (χ3v) is 1.85. The van der Waals surface area contributed by atoms with Gasteiger partial charge in [0.05, 0.1) is 0 Å². The van der Waals surface area contributed by atoms with Crippen LogP contribution in [0.1, 0.15) is 5.56 Å². The van der Waals surface area contributed by atoms with Crippen molar-refractivity contribution in [2.75, 3.05) is 0 Å². The standard InChI is InChI=1S/C8H6FI/c1-2-6-5-7(10)3-4-8(6)9/h2-5H,1H2. The molecule has 0 aromatic heterocycles. The number of rotatable bonds is 1. The van der Waals surface area contributed by atoms with Crippen LogP contribution in [0.25, 0.3) is 6.08 Å². The van der Waals surface area contributed by atoms with Gasteiger partial charge in [0.25, 0.3) is 0 Å². The van der Waals surface area contributed by atoms with Gasteiger partial charge in [-0.2, -0.15) is 0 Å². The molecule has 0 aliphatic rings. The van der Waals surface area contributed by atoms with Crippen molar-refractivity contribution in [1.82, 2.24) is 0 Å². The first kappa shape index (κ1) is 7.72. The molecule has 1 aromatic carbocycles. The van der Waals surface area contributed by atoms with Gasteiger partial charge in [0.1, 0.15) is 5.82 Å². The van der Waals surface area contributed by atoms with Gasteiger partial charge >= 0.3 is 0 Å². The van der Waals surface area contributed by atoms with Crippen LogP contribution in [0, 0.1) is 9.39 Å². The number of hydrogen-bond donors (Lipinski definition) is 0. The normalized spacial score (nSPS) is 9.40. The van der Waals surface area contributed by atoms with Crippen molar-refractivity contribution in [3.63, 3.8) is 0 Å². The molecule has 1 aromatic rings. The maximum Gasteiger partial charge on any atom is 0.130 e. The summed E-state index contributed by atoms with van der Waals surface area (Å²) in [5.41, 5.74) is 0.562. The lowest BCUT2D eigenvalue weighted by molar-refractivity contribution is 0.625. The Morgan fingerprint density at radius 2 is 2.20 bits per heavy atom. The van der Waals surface area contributed by atoms with Gasteiger partial charge in [-0.05, 0) is 40.8 Å². The second-order valence-electron chi connectivity index (χ2n) is 1.87. The van der Waals surface area contributed by atoms with E-state index in [2.05, 4.69) is 29.2 Å². The van der Waals surface area contributed by atoms with Gasteiger partial charge in [-0.1, -0.05) is 12.7 Å². The summed E-state index contributed by atoms with van der Waals surface area (Å²) in [7, 11) is 0. The van der Waals surface area contributed by atoms with E-state index in [1.54, 1.807) is 12.1 Å². The minimum absolute atomic E-state index is 0.213. The first-order chi connectivity index (χ1) is 4.74. The first-order valence-corrected chi connectivity index (χ1v) is 3.89. The number of hydrogen-bond acceptors (Lipinski definition) is 0. The quantitative estimate of drug-likeness (QED) is 0.670. The Bertz CT molecular complexity index is 255. The Kier molecular flexibility index (Phi) is 2.43. The minimum Gasteiger partial charge on any atom is -0.206 e. The van der Waals surface area contributed by atoms with E-state index in [0.717, 1.165) is 3.57 Å². The van der Waals surface area contributed by atoms with E-state index in [9.17, 15) is 4.39 Å². The second kappa shape index (κ2) is 3.14. The fourth-order valence-electron chi connectivity index (χ4n) is 0.671. The predicted molar refractivity (Wildman–Crippen MR) is 49.2 cm³/mol. The van der Waals surface area contributed by atoms with Gasteiger partial charge in [0.15, 0.2) is 0 Å². The van der Waals surface area contributed by atoms with Crippen LogP contribution < -0.4 is 0 Å². The van der Waals surface area contributed by atoms with Gasteiger partial charge in [-0.15, -0.1) is 0 Å². The molecule has 2 heteroatoms. The number of halogens is 2. The zero-order valence-electron chi connectivity index (χ0n) is 5.27. The number of benzene rings is 1. The molecule has 0 N–H and O–H groups in total. The van der Waals surface area contributed by atoms with Gasteiger partial charge in [-0.3, -0.25) is 0 Å². The van der Waals surface area contributed by atoms with Crippen LogP contribution in [0.3, 0.4) is 0 Å². The molecule has 0 atom stereocenters. The molecule has 0 heterocycles. The highest BCUT2D eigenvalue weighted by atomic mass is 127. The van der Waals surface area contributed by atoms with Crippen molar-refractivity contribution < 1.29 is 4.39 Å². The molecular weight excluding hydrogens is 242 g/mol. The molecule has 0 aliphatic heterocycles. The summed E-state index contributed by atoms with van der Waals surface area (Å²) in [6, 6.07) is 4.92. The summed E-state index contributed by atoms with van der Waals surface area (Å²) in [5, 5.41) is 0. The molecule has 52 valence electrons. The third-order valence-electron chi connectivity index (χ3n) is 1.18. The Labute approximate surface area is 72.9 Å². The Hall–Kier alpha value is -0.380. The van der Waals surface area contributed by atoms with E-state index < -0.39 is 0 Å². The van der Waals surface area contributed by atoms with Crippen molar-refractivity contribution in [2.45, 2.75) is 0 Å². The van der Waals surface area contributed by atoms with Crippen LogP contribution in [-0.4, -0.2) is 0 Å². The van der Waals surface area contributed by atoms with Crippen molar-refractivity contribution in [2.24, 2.45) is 0 Å². The molecule has 0 nitrogen and oxygen atoms in total. The first-order valence-electron chi connectivity index (χ1n) is 2.81. The fraction of sp³-hybridized carbons (Fsp3) is 0. The lowest BCUT2D eigenvalue weighted by atomic mass is 10.2. The highest BCUT2D eigenvalue weighted by Crippen LogP contribution is 2.12. The molecule has 0 saturated heterocycles. The van der Waals surface area contributed by atoms with Crippen molar-refractivity contribution >= 4 is 28.7 Å². The van der Waals surface area contributed by atoms with E-state index in [1.165, 1.54) is 12.1 Å². The van der Waals surface area contributed by atoms with E-state index in [-0.39, 0.29) is 5.82 Å². The highest BCUT2D eigenvalue weighted by molar-refractivity contribution is 14.1. The molecular formula is C8H6FI. The van der Waals surface area contributed by atoms with Gasteiger partial charge in [0.2, 0.25) is 0 Å². The molecule has 0 unspecified atom stereocenters. The summed E-state index contributed by atoms with van der Waals surface area (Å²) >= 11 is 2.13. The zero-order valence-corrected chi connectivity index (χ0v) is 7.43. The third kappa shape index (κ3) is 1.56. The summed E-state index contributed by atoms with van der Waals surface area (Å²) in [6.07, 6.45) is 1.51. The summed E-state index contributed by atoms with van der Waals surface area (Å²) < 4.78 is 13.7. The monoisotopic (exact) mass is 248 g/mol. The van der Waals surface area contributed by atoms with Crippen molar-refractivity contribution in [3.05, 3.63) is 39.7 Å². The Morgan fingerprint density at radius 3 is 2.70 bits per heavy atom. The van der Waals surface area contributed by atoms with E-state index in [4.69, 9.17) is 0 Å². The fourth-order valence-corrected chi connectivity index (χ4v) is 1.19. The molecule has 0 saturated carbocycles. The maximum absolute atomic E-state index is 12.7. The smallest absolute Gasteiger partial charge is 0.130 e. The van der Waals surface area contributed by atoms with Gasteiger partial charge < -0.3 is 0 Å². The summed E-state index contributed by atoms with van der Waals surface area (Å²) in [4.78, 5) is 0.